The second-order valence-electron chi connectivity index (χ2n) is 4.66. The smallest absolute Gasteiger partial charge is 0.475 e. The predicted molar refractivity (Wildman–Crippen MR) is 64.8 cm³/mol. The summed E-state index contributed by atoms with van der Waals surface area (Å²) in [5.41, 5.74) is 0. The molecule has 0 aliphatic carbocycles. The molecule has 136 valence electrons. The van der Waals surface area contributed by atoms with Crippen molar-refractivity contribution in [1.82, 2.24) is 10.2 Å². The van der Waals surface area contributed by atoms with Crippen molar-refractivity contribution in [2.75, 3.05) is 26.2 Å². The van der Waals surface area contributed by atoms with E-state index in [4.69, 9.17) is 19.8 Å². The standard InChI is InChI=1S/C7H14N2.2C2HF3O2/c1-2-4-9(3-1)7-5-8-6-7;2*3-2(4,5)1(6)7/h7-8H,1-6H2;2*(H,6,7). The predicted octanol–water partition coefficient (Wildman–Crippen LogP) is 1.32. The maximum absolute atomic E-state index is 10.6. The fourth-order valence-electron chi connectivity index (χ4n) is 1.64. The molecule has 0 bridgehead atoms. The summed E-state index contributed by atoms with van der Waals surface area (Å²) in [6.45, 7) is 5.18. The molecule has 12 heteroatoms. The van der Waals surface area contributed by atoms with Crippen LogP contribution in [-0.4, -0.2) is 71.6 Å². The van der Waals surface area contributed by atoms with Gasteiger partial charge in [-0.05, 0) is 25.9 Å². The van der Waals surface area contributed by atoms with Crippen LogP contribution in [0.2, 0.25) is 0 Å². The second-order valence-corrected chi connectivity index (χ2v) is 4.66. The van der Waals surface area contributed by atoms with Crippen molar-refractivity contribution in [2.45, 2.75) is 31.2 Å². The number of hydrogen-bond acceptors (Lipinski definition) is 4. The molecule has 2 fully saturated rings. The lowest BCUT2D eigenvalue weighted by atomic mass is 10.1. The fourth-order valence-corrected chi connectivity index (χ4v) is 1.64. The number of nitrogens with one attached hydrogen (secondary N) is 1. The minimum absolute atomic E-state index is 0.896. The van der Waals surface area contributed by atoms with E-state index in [-0.39, 0.29) is 0 Å². The first-order valence-electron chi connectivity index (χ1n) is 6.40. The summed E-state index contributed by atoms with van der Waals surface area (Å²) in [5, 5.41) is 17.5. The topological polar surface area (TPSA) is 89.9 Å². The van der Waals surface area contributed by atoms with E-state index >= 15 is 0 Å². The van der Waals surface area contributed by atoms with Gasteiger partial charge in [0.15, 0.2) is 0 Å². The molecule has 0 atom stereocenters. The van der Waals surface area contributed by atoms with Crippen LogP contribution in [0.5, 0.6) is 0 Å². The van der Waals surface area contributed by atoms with Crippen molar-refractivity contribution < 1.29 is 46.1 Å². The number of carboxylic acid groups (broad SMARTS) is 2. The van der Waals surface area contributed by atoms with Crippen molar-refractivity contribution in [3.8, 4) is 0 Å². The number of halogens is 6. The quantitative estimate of drug-likeness (QED) is 0.616. The first kappa shape index (κ1) is 21.4. The number of hydrogen-bond donors (Lipinski definition) is 3. The highest BCUT2D eigenvalue weighted by Gasteiger charge is 2.38. The van der Waals surface area contributed by atoms with E-state index in [1.54, 1.807) is 0 Å². The molecule has 3 N–H and O–H groups in total. The van der Waals surface area contributed by atoms with Crippen LogP contribution in [0.15, 0.2) is 0 Å². The molecular formula is C11H16F6N2O4. The highest BCUT2D eigenvalue weighted by Crippen LogP contribution is 2.14. The van der Waals surface area contributed by atoms with E-state index in [9.17, 15) is 26.3 Å². The number of aliphatic carboxylic acids is 2. The molecule has 0 unspecified atom stereocenters. The monoisotopic (exact) mass is 354 g/mol. The van der Waals surface area contributed by atoms with E-state index in [0.717, 1.165) is 6.04 Å². The molecule has 2 aliphatic heterocycles. The van der Waals surface area contributed by atoms with Gasteiger partial charge in [-0.25, -0.2) is 9.59 Å². The first-order chi connectivity index (χ1) is 10.4. The van der Waals surface area contributed by atoms with Crippen molar-refractivity contribution in [2.24, 2.45) is 0 Å². The minimum Gasteiger partial charge on any atom is -0.475 e. The maximum Gasteiger partial charge on any atom is 0.490 e. The highest BCUT2D eigenvalue weighted by molar-refractivity contribution is 5.73. The summed E-state index contributed by atoms with van der Waals surface area (Å²) < 4.78 is 63.5. The average Bonchev–Trinajstić information content (AvgIpc) is 2.79. The number of nitrogens with zero attached hydrogens (tertiary/aromatic N) is 1. The van der Waals surface area contributed by atoms with Crippen LogP contribution in [0.4, 0.5) is 26.3 Å². The van der Waals surface area contributed by atoms with Crippen LogP contribution in [-0.2, 0) is 9.59 Å². The molecule has 2 saturated heterocycles. The molecule has 2 heterocycles. The van der Waals surface area contributed by atoms with Crippen molar-refractivity contribution >= 4 is 11.9 Å². The largest absolute Gasteiger partial charge is 0.490 e. The molecular weight excluding hydrogens is 338 g/mol. The Morgan fingerprint density at radius 1 is 0.870 bits per heavy atom. The van der Waals surface area contributed by atoms with Gasteiger partial charge in [-0.2, -0.15) is 26.3 Å². The van der Waals surface area contributed by atoms with E-state index in [0.29, 0.717) is 0 Å². The third-order valence-corrected chi connectivity index (χ3v) is 2.90. The zero-order valence-electron chi connectivity index (χ0n) is 11.7. The minimum atomic E-state index is -5.08. The number of alkyl halides is 6. The van der Waals surface area contributed by atoms with Gasteiger partial charge in [0.1, 0.15) is 0 Å². The SMILES string of the molecule is C1CCN(C2CNC2)C1.O=C(O)C(F)(F)F.O=C(O)C(F)(F)F. The van der Waals surface area contributed by atoms with Crippen molar-refractivity contribution in [3.05, 3.63) is 0 Å². The molecule has 0 aromatic carbocycles. The summed E-state index contributed by atoms with van der Waals surface area (Å²) in [5.74, 6) is -5.51. The molecule has 0 saturated carbocycles. The highest BCUT2D eigenvalue weighted by atomic mass is 19.4. The maximum atomic E-state index is 10.6. The van der Waals surface area contributed by atoms with Gasteiger partial charge in [0.2, 0.25) is 0 Å². The summed E-state index contributed by atoms with van der Waals surface area (Å²) in [4.78, 5) is 20.4. The normalized spacial score (nSPS) is 18.9. The van der Waals surface area contributed by atoms with E-state index < -0.39 is 24.3 Å². The molecule has 6 nitrogen and oxygen atoms in total. The van der Waals surface area contributed by atoms with Crippen LogP contribution in [0.25, 0.3) is 0 Å². The summed E-state index contributed by atoms with van der Waals surface area (Å²) in [6.07, 6.45) is -7.31. The van der Waals surface area contributed by atoms with Gasteiger partial charge in [0.05, 0.1) is 0 Å². The van der Waals surface area contributed by atoms with Gasteiger partial charge in [-0.1, -0.05) is 0 Å². The molecule has 2 rings (SSSR count). The lowest BCUT2D eigenvalue weighted by molar-refractivity contribution is -0.193. The van der Waals surface area contributed by atoms with E-state index in [2.05, 4.69) is 10.2 Å². The average molecular weight is 354 g/mol. The Hall–Kier alpha value is -1.56. The molecule has 0 aromatic rings. The Morgan fingerprint density at radius 3 is 1.35 bits per heavy atom. The Labute approximate surface area is 127 Å². The first-order valence-corrected chi connectivity index (χ1v) is 6.40. The molecule has 23 heavy (non-hydrogen) atoms. The summed E-state index contributed by atoms with van der Waals surface area (Å²) >= 11 is 0. The number of likely N-dealkylation sites (tertiary alicyclic amines) is 1. The van der Waals surface area contributed by atoms with Crippen LogP contribution in [0.3, 0.4) is 0 Å². The van der Waals surface area contributed by atoms with Gasteiger partial charge < -0.3 is 15.5 Å². The van der Waals surface area contributed by atoms with Crippen LogP contribution in [0, 0.1) is 0 Å². The second kappa shape index (κ2) is 8.91. The van der Waals surface area contributed by atoms with Crippen LogP contribution < -0.4 is 5.32 Å². The number of carbonyl (C=O) groups is 2. The zero-order chi connectivity index (χ0) is 18.3. The van der Waals surface area contributed by atoms with Crippen molar-refractivity contribution in [1.29, 1.82) is 0 Å². The van der Waals surface area contributed by atoms with Gasteiger partial charge in [0, 0.05) is 19.1 Å². The van der Waals surface area contributed by atoms with Gasteiger partial charge in [-0.15, -0.1) is 0 Å². The Kier molecular flexibility index (Phi) is 8.31. The summed E-state index contributed by atoms with van der Waals surface area (Å²) in [6, 6.07) is 0.896. The van der Waals surface area contributed by atoms with Crippen LogP contribution >= 0.6 is 0 Å². The number of carboxylic acids is 2. The lowest BCUT2D eigenvalue weighted by Gasteiger charge is -2.35. The number of rotatable bonds is 1. The molecule has 0 radical (unpaired) electrons. The van der Waals surface area contributed by atoms with Gasteiger partial charge >= 0.3 is 24.3 Å². The molecule has 0 amide bonds. The fraction of sp³-hybridized carbons (Fsp3) is 0.818. The van der Waals surface area contributed by atoms with E-state index in [1.807, 2.05) is 0 Å². The third-order valence-electron chi connectivity index (χ3n) is 2.90. The third kappa shape index (κ3) is 9.23. The van der Waals surface area contributed by atoms with E-state index in [1.165, 1.54) is 39.0 Å². The van der Waals surface area contributed by atoms with Crippen LogP contribution in [0.1, 0.15) is 12.8 Å². The lowest BCUT2D eigenvalue weighted by Crippen LogP contribution is -2.56. The Morgan fingerprint density at radius 2 is 1.17 bits per heavy atom. The molecule has 0 spiro atoms. The molecule has 0 aromatic heterocycles. The zero-order valence-corrected chi connectivity index (χ0v) is 11.7. The van der Waals surface area contributed by atoms with Crippen molar-refractivity contribution in [3.63, 3.8) is 0 Å². The summed E-state index contributed by atoms with van der Waals surface area (Å²) in [7, 11) is 0. The van der Waals surface area contributed by atoms with Gasteiger partial charge in [-0.3, -0.25) is 4.90 Å². The Bertz CT molecular complexity index is 365. The Balaban J connectivity index is 0.000000322. The van der Waals surface area contributed by atoms with Gasteiger partial charge in [0.25, 0.3) is 0 Å². The molecule has 2 aliphatic rings.